The van der Waals surface area contributed by atoms with Crippen LogP contribution in [0.4, 0.5) is 0 Å². The van der Waals surface area contributed by atoms with Crippen molar-refractivity contribution in [2.24, 2.45) is 0 Å². The van der Waals surface area contributed by atoms with Crippen LogP contribution in [0, 0.1) is 6.92 Å². The molecule has 3 rings (SSSR count). The first-order chi connectivity index (χ1) is 14.8. The quantitative estimate of drug-likeness (QED) is 0.570. The molecular weight excluding hydrogens is 440 g/mol. The molecule has 0 aromatic carbocycles. The normalized spacial score (nSPS) is 26.2. The van der Waals surface area contributed by atoms with E-state index in [4.69, 9.17) is 13.6 Å². The van der Waals surface area contributed by atoms with E-state index in [9.17, 15) is 9.59 Å². The second-order valence-electron chi connectivity index (χ2n) is 11.5. The highest BCUT2D eigenvalue weighted by molar-refractivity contribution is 6.75. The summed E-state index contributed by atoms with van der Waals surface area (Å²) in [5, 5.41) is 0.0707. The largest absolute Gasteiger partial charge is 0.414 e. The van der Waals surface area contributed by atoms with E-state index in [2.05, 4.69) is 52.7 Å². The van der Waals surface area contributed by atoms with Crippen LogP contribution in [0.15, 0.2) is 15.8 Å². The molecule has 182 valence electrons. The summed E-state index contributed by atoms with van der Waals surface area (Å²) in [6, 6.07) is 2.43. The molecule has 9 heteroatoms. The van der Waals surface area contributed by atoms with Crippen molar-refractivity contribution < 1.29 is 13.6 Å². The van der Waals surface area contributed by atoms with Gasteiger partial charge >= 0.3 is 5.69 Å². The molecule has 0 spiro atoms. The summed E-state index contributed by atoms with van der Waals surface area (Å²) < 4.78 is 21.4. The van der Waals surface area contributed by atoms with E-state index in [1.165, 1.54) is 29.5 Å². The molecule has 1 unspecified atom stereocenters. The molecule has 2 fully saturated rings. The molecule has 0 aliphatic carbocycles. The Balaban J connectivity index is 1.85. The highest BCUT2D eigenvalue weighted by Gasteiger charge is 2.47. The van der Waals surface area contributed by atoms with Gasteiger partial charge in [0.1, 0.15) is 12.3 Å². The Bertz CT molecular complexity index is 912. The lowest BCUT2D eigenvalue weighted by molar-refractivity contribution is -0.0411. The first-order valence-electron chi connectivity index (χ1n) is 12.0. The number of rotatable bonds is 7. The SMILES string of the molecule is Cc1cn([C@@H]2CC(O[Si](C)(C)C(C)(C)C)[C@H](CO[Si]3(C(C)C)CCCC3)O2)c(=O)[nH]c1=O. The van der Waals surface area contributed by atoms with Crippen LogP contribution in [0.2, 0.25) is 35.8 Å². The maximum absolute atomic E-state index is 12.5. The molecule has 1 aromatic heterocycles. The lowest BCUT2D eigenvalue weighted by atomic mass is 10.2. The monoisotopic (exact) mass is 482 g/mol. The van der Waals surface area contributed by atoms with Crippen LogP contribution >= 0.6 is 0 Å². The molecule has 3 heterocycles. The zero-order valence-electron chi connectivity index (χ0n) is 21.1. The maximum Gasteiger partial charge on any atom is 0.330 e. The van der Waals surface area contributed by atoms with Gasteiger partial charge in [-0.25, -0.2) is 4.79 Å². The molecule has 1 aromatic rings. The summed E-state index contributed by atoms with van der Waals surface area (Å²) in [6.45, 7) is 18.0. The maximum atomic E-state index is 12.5. The highest BCUT2D eigenvalue weighted by atomic mass is 28.4. The number of aryl methyl sites for hydroxylation is 1. The molecule has 2 aliphatic heterocycles. The van der Waals surface area contributed by atoms with Gasteiger partial charge in [0, 0.05) is 18.2 Å². The van der Waals surface area contributed by atoms with Crippen molar-refractivity contribution in [1.29, 1.82) is 0 Å². The van der Waals surface area contributed by atoms with E-state index in [0.717, 1.165) is 0 Å². The minimum absolute atomic E-state index is 0.0707. The van der Waals surface area contributed by atoms with Crippen molar-refractivity contribution in [2.75, 3.05) is 6.61 Å². The van der Waals surface area contributed by atoms with E-state index in [-0.39, 0.29) is 22.8 Å². The summed E-state index contributed by atoms with van der Waals surface area (Å²) in [5.74, 6) is 0. The number of hydrogen-bond acceptors (Lipinski definition) is 5. The molecule has 0 radical (unpaired) electrons. The fourth-order valence-electron chi connectivity index (χ4n) is 4.61. The fourth-order valence-corrected chi connectivity index (χ4v) is 10.2. The lowest BCUT2D eigenvalue weighted by Gasteiger charge is -2.40. The summed E-state index contributed by atoms with van der Waals surface area (Å²) in [4.78, 5) is 26.8. The smallest absolute Gasteiger partial charge is 0.330 e. The zero-order valence-corrected chi connectivity index (χ0v) is 23.1. The molecule has 3 atom stereocenters. The van der Waals surface area contributed by atoms with Crippen LogP contribution in [0.3, 0.4) is 0 Å². The first-order valence-corrected chi connectivity index (χ1v) is 17.4. The van der Waals surface area contributed by atoms with Gasteiger partial charge in [0.15, 0.2) is 16.6 Å². The average Bonchev–Trinajstić information content (AvgIpc) is 3.30. The fraction of sp³-hybridized carbons (Fsp3) is 0.826. The molecular formula is C23H42N2O5Si2. The van der Waals surface area contributed by atoms with Crippen molar-refractivity contribution in [3.63, 3.8) is 0 Å². The van der Waals surface area contributed by atoms with Crippen molar-refractivity contribution in [3.05, 3.63) is 32.6 Å². The first kappa shape index (κ1) is 25.6. The van der Waals surface area contributed by atoms with Crippen molar-refractivity contribution >= 4 is 16.6 Å². The number of aromatic nitrogens is 2. The molecule has 0 saturated carbocycles. The van der Waals surface area contributed by atoms with Crippen LogP contribution in [0.1, 0.15) is 65.7 Å². The summed E-state index contributed by atoms with van der Waals surface area (Å²) in [7, 11) is -3.82. The standard InChI is InChI=1S/C23H42N2O5Si2/c1-16(2)32(11-9-10-12-32)28-15-19-18(30-31(7,8)23(4,5)6)13-20(29-19)25-14-17(3)21(26)24-22(25)27/h14,16,18-20H,9-13,15H2,1-8H3,(H,24,26,27)/t18?,19-,20-/m0/s1. The molecule has 2 saturated heterocycles. The Morgan fingerprint density at radius 1 is 1.25 bits per heavy atom. The number of nitrogens with zero attached hydrogens (tertiary/aromatic N) is 1. The highest BCUT2D eigenvalue weighted by Crippen LogP contribution is 2.43. The molecule has 2 aliphatic rings. The van der Waals surface area contributed by atoms with Crippen LogP contribution in [0.25, 0.3) is 0 Å². The van der Waals surface area contributed by atoms with Gasteiger partial charge in [-0.2, -0.15) is 0 Å². The van der Waals surface area contributed by atoms with Gasteiger partial charge < -0.3 is 13.6 Å². The zero-order chi connectivity index (χ0) is 23.9. The van der Waals surface area contributed by atoms with Gasteiger partial charge in [0.2, 0.25) is 0 Å². The molecule has 32 heavy (non-hydrogen) atoms. The van der Waals surface area contributed by atoms with Crippen molar-refractivity contribution in [2.45, 2.75) is 115 Å². The van der Waals surface area contributed by atoms with E-state index < -0.39 is 28.6 Å². The Labute approximate surface area is 194 Å². The summed E-state index contributed by atoms with van der Waals surface area (Å²) >= 11 is 0. The van der Waals surface area contributed by atoms with Crippen LogP contribution in [0.5, 0.6) is 0 Å². The van der Waals surface area contributed by atoms with Crippen molar-refractivity contribution in [3.8, 4) is 0 Å². The Kier molecular flexibility index (Phi) is 7.47. The average molecular weight is 483 g/mol. The second-order valence-corrected chi connectivity index (χ2v) is 20.8. The number of H-pyrrole nitrogens is 1. The third-order valence-corrected chi connectivity index (χ3v) is 17.7. The number of aromatic amines is 1. The van der Waals surface area contributed by atoms with Crippen LogP contribution in [-0.4, -0.2) is 45.0 Å². The minimum atomic E-state index is -2.05. The summed E-state index contributed by atoms with van der Waals surface area (Å²) in [6.07, 6.45) is 3.85. The minimum Gasteiger partial charge on any atom is -0.414 e. The number of ether oxygens (including phenoxy) is 1. The van der Waals surface area contributed by atoms with Gasteiger partial charge in [-0.05, 0) is 42.7 Å². The molecule has 1 N–H and O–H groups in total. The summed E-state index contributed by atoms with van der Waals surface area (Å²) in [5.41, 5.74) is 0.268. The van der Waals surface area contributed by atoms with Gasteiger partial charge in [0.05, 0.1) is 12.7 Å². The van der Waals surface area contributed by atoms with Gasteiger partial charge in [0.25, 0.3) is 5.56 Å². The predicted octanol–water partition coefficient (Wildman–Crippen LogP) is 4.69. The predicted molar refractivity (Wildman–Crippen MR) is 132 cm³/mol. The number of hydrogen-bond donors (Lipinski definition) is 1. The Hall–Kier alpha value is -1.01. The molecule has 0 bridgehead atoms. The topological polar surface area (TPSA) is 82.6 Å². The third kappa shape index (κ3) is 5.22. The van der Waals surface area contributed by atoms with Gasteiger partial charge in [-0.15, -0.1) is 0 Å². The molecule has 0 amide bonds. The van der Waals surface area contributed by atoms with Gasteiger partial charge in [-0.3, -0.25) is 14.3 Å². The van der Waals surface area contributed by atoms with E-state index in [1.54, 1.807) is 13.1 Å². The van der Waals surface area contributed by atoms with Gasteiger partial charge in [-0.1, -0.05) is 47.5 Å². The Morgan fingerprint density at radius 3 is 2.44 bits per heavy atom. The Morgan fingerprint density at radius 2 is 1.88 bits per heavy atom. The van der Waals surface area contributed by atoms with Crippen LogP contribution < -0.4 is 11.2 Å². The van der Waals surface area contributed by atoms with E-state index in [1.807, 2.05) is 0 Å². The van der Waals surface area contributed by atoms with Crippen molar-refractivity contribution in [1.82, 2.24) is 9.55 Å². The van der Waals surface area contributed by atoms with E-state index in [0.29, 0.717) is 24.1 Å². The number of nitrogens with one attached hydrogen (secondary N) is 1. The molecule has 7 nitrogen and oxygen atoms in total. The third-order valence-electron chi connectivity index (χ3n) is 7.93. The lowest BCUT2D eigenvalue weighted by Crippen LogP contribution is -2.48. The second kappa shape index (κ2) is 9.33. The van der Waals surface area contributed by atoms with Crippen LogP contribution in [-0.2, 0) is 13.6 Å². The van der Waals surface area contributed by atoms with E-state index >= 15 is 0 Å².